The number of hydrogen-bond donors (Lipinski definition) is 0. The number of esters is 1. The molecule has 4 rings (SSSR count). The summed E-state index contributed by atoms with van der Waals surface area (Å²) in [6, 6.07) is 26.7. The van der Waals surface area contributed by atoms with Gasteiger partial charge in [0.15, 0.2) is 0 Å². The Labute approximate surface area is 199 Å². The molecule has 0 N–H and O–H groups in total. The van der Waals surface area contributed by atoms with Crippen molar-refractivity contribution in [1.82, 2.24) is 4.90 Å². The molecule has 1 amide bonds. The van der Waals surface area contributed by atoms with Gasteiger partial charge in [0, 0.05) is 18.0 Å². The lowest BCUT2D eigenvalue weighted by Crippen LogP contribution is -2.38. The van der Waals surface area contributed by atoms with E-state index in [1.807, 2.05) is 67.6 Å². The average Bonchev–Trinajstić information content (AvgIpc) is 2.86. The van der Waals surface area contributed by atoms with E-state index in [4.69, 9.17) is 4.74 Å². The normalized spacial score (nSPS) is 15.7. The largest absolute Gasteiger partial charge is 0.457 e. The Hall–Kier alpha value is -4.17. The maximum Gasteiger partial charge on any atom is 0.336 e. The summed E-state index contributed by atoms with van der Waals surface area (Å²) in [5, 5.41) is 9.23. The number of nitrogens with zero attached hydrogens (tertiary/aromatic N) is 2. The summed E-state index contributed by atoms with van der Waals surface area (Å²) < 4.78 is 5.72. The SMILES string of the molecule is CC1=C(C(=O)OCc2ccccc2)C(c2ccccc2C)CC(=O)N1Cc1cccc(C#N)c1. The molecular formula is C29H26N2O3. The van der Waals surface area contributed by atoms with Crippen LogP contribution < -0.4 is 0 Å². The molecule has 34 heavy (non-hydrogen) atoms. The second-order valence-corrected chi connectivity index (χ2v) is 8.47. The summed E-state index contributed by atoms with van der Waals surface area (Å²) in [6.45, 7) is 4.24. The van der Waals surface area contributed by atoms with Crippen LogP contribution in [-0.2, 0) is 27.5 Å². The van der Waals surface area contributed by atoms with Gasteiger partial charge in [-0.05, 0) is 48.2 Å². The first-order valence-corrected chi connectivity index (χ1v) is 11.2. The van der Waals surface area contributed by atoms with Gasteiger partial charge in [0.25, 0.3) is 0 Å². The van der Waals surface area contributed by atoms with Crippen LogP contribution in [-0.4, -0.2) is 16.8 Å². The van der Waals surface area contributed by atoms with Crippen molar-refractivity contribution < 1.29 is 14.3 Å². The lowest BCUT2D eigenvalue weighted by Gasteiger charge is -2.35. The predicted molar refractivity (Wildman–Crippen MR) is 129 cm³/mol. The quantitative estimate of drug-likeness (QED) is 0.472. The van der Waals surface area contributed by atoms with Crippen molar-refractivity contribution in [3.05, 3.63) is 118 Å². The first-order valence-electron chi connectivity index (χ1n) is 11.2. The fourth-order valence-corrected chi connectivity index (χ4v) is 4.43. The first kappa shape index (κ1) is 23.0. The van der Waals surface area contributed by atoms with Gasteiger partial charge in [-0.3, -0.25) is 4.79 Å². The van der Waals surface area contributed by atoms with E-state index in [2.05, 4.69) is 6.07 Å². The van der Waals surface area contributed by atoms with Crippen LogP contribution in [0.5, 0.6) is 0 Å². The molecule has 170 valence electrons. The van der Waals surface area contributed by atoms with Crippen molar-refractivity contribution >= 4 is 11.9 Å². The van der Waals surface area contributed by atoms with Crippen molar-refractivity contribution in [2.75, 3.05) is 0 Å². The van der Waals surface area contributed by atoms with Gasteiger partial charge in [-0.1, -0.05) is 66.7 Å². The summed E-state index contributed by atoms with van der Waals surface area (Å²) >= 11 is 0. The number of nitriles is 1. The van der Waals surface area contributed by atoms with Crippen LogP contribution in [0.2, 0.25) is 0 Å². The number of carbonyl (C=O) groups excluding carboxylic acids is 2. The number of benzene rings is 3. The van der Waals surface area contributed by atoms with Crippen LogP contribution in [0.15, 0.2) is 90.1 Å². The van der Waals surface area contributed by atoms with E-state index in [0.29, 0.717) is 16.8 Å². The van der Waals surface area contributed by atoms with Gasteiger partial charge in [0.1, 0.15) is 6.61 Å². The zero-order valence-corrected chi connectivity index (χ0v) is 19.3. The molecule has 5 heteroatoms. The molecule has 0 bridgehead atoms. The van der Waals surface area contributed by atoms with E-state index in [1.54, 1.807) is 30.0 Å². The van der Waals surface area contributed by atoms with Crippen molar-refractivity contribution in [2.24, 2.45) is 0 Å². The number of allylic oxidation sites excluding steroid dienone is 1. The third-order valence-corrected chi connectivity index (χ3v) is 6.22. The van der Waals surface area contributed by atoms with Crippen molar-refractivity contribution in [2.45, 2.75) is 39.3 Å². The second-order valence-electron chi connectivity index (χ2n) is 8.47. The van der Waals surface area contributed by atoms with Gasteiger partial charge >= 0.3 is 5.97 Å². The molecule has 3 aromatic carbocycles. The Morgan fingerprint density at radius 2 is 1.71 bits per heavy atom. The van der Waals surface area contributed by atoms with Gasteiger partial charge in [0.05, 0.1) is 23.8 Å². The molecule has 0 fully saturated rings. The summed E-state index contributed by atoms with van der Waals surface area (Å²) in [7, 11) is 0. The van der Waals surface area contributed by atoms with E-state index in [9.17, 15) is 14.9 Å². The highest BCUT2D eigenvalue weighted by Crippen LogP contribution is 2.39. The molecule has 1 unspecified atom stereocenters. The fourth-order valence-electron chi connectivity index (χ4n) is 4.43. The van der Waals surface area contributed by atoms with Crippen molar-refractivity contribution in [3.63, 3.8) is 0 Å². The zero-order valence-electron chi connectivity index (χ0n) is 19.3. The summed E-state index contributed by atoms with van der Waals surface area (Å²) in [5.74, 6) is -0.857. The second kappa shape index (κ2) is 10.2. The third kappa shape index (κ3) is 4.92. The smallest absolute Gasteiger partial charge is 0.336 e. The Kier molecular flexibility index (Phi) is 6.89. The number of hydrogen-bond acceptors (Lipinski definition) is 4. The van der Waals surface area contributed by atoms with E-state index in [0.717, 1.165) is 22.3 Å². The Balaban J connectivity index is 1.70. The zero-order chi connectivity index (χ0) is 24.1. The lowest BCUT2D eigenvalue weighted by molar-refractivity contribution is -0.141. The molecule has 0 saturated heterocycles. The minimum atomic E-state index is -0.419. The number of carbonyl (C=O) groups is 2. The highest BCUT2D eigenvalue weighted by Gasteiger charge is 2.37. The van der Waals surface area contributed by atoms with Gasteiger partial charge in [-0.25, -0.2) is 4.79 Å². The van der Waals surface area contributed by atoms with Crippen LogP contribution in [0, 0.1) is 18.3 Å². The highest BCUT2D eigenvalue weighted by molar-refractivity contribution is 5.96. The molecule has 1 heterocycles. The molecule has 0 aromatic heterocycles. The topological polar surface area (TPSA) is 70.4 Å². The molecule has 5 nitrogen and oxygen atoms in total. The summed E-state index contributed by atoms with van der Waals surface area (Å²) in [4.78, 5) is 28.3. The fraction of sp³-hybridized carbons (Fsp3) is 0.207. The van der Waals surface area contributed by atoms with Crippen molar-refractivity contribution in [1.29, 1.82) is 5.26 Å². The molecule has 0 aliphatic carbocycles. The lowest BCUT2D eigenvalue weighted by atomic mass is 9.81. The Morgan fingerprint density at radius 3 is 2.44 bits per heavy atom. The van der Waals surface area contributed by atoms with E-state index >= 15 is 0 Å². The van der Waals surface area contributed by atoms with Crippen LogP contribution in [0.25, 0.3) is 0 Å². The molecule has 0 radical (unpaired) electrons. The predicted octanol–water partition coefficient (Wildman–Crippen LogP) is 5.40. The van der Waals surface area contributed by atoms with Crippen LogP contribution in [0.3, 0.4) is 0 Å². The third-order valence-electron chi connectivity index (χ3n) is 6.22. The minimum absolute atomic E-state index is 0.0623. The number of amides is 1. The van der Waals surface area contributed by atoms with E-state index in [1.165, 1.54) is 0 Å². The van der Waals surface area contributed by atoms with Crippen LogP contribution >= 0.6 is 0 Å². The number of rotatable bonds is 6. The molecule has 3 aromatic rings. The van der Waals surface area contributed by atoms with Crippen LogP contribution in [0.4, 0.5) is 0 Å². The highest BCUT2D eigenvalue weighted by atomic mass is 16.5. The van der Waals surface area contributed by atoms with Gasteiger partial charge in [-0.15, -0.1) is 0 Å². The molecule has 1 aliphatic heterocycles. The molecule has 1 aliphatic rings. The standard InChI is InChI=1S/C29H26N2O3/c1-20-9-6-7-14-25(20)26-16-27(32)31(18-24-13-8-12-23(15-24)17-30)21(2)28(26)29(33)34-19-22-10-4-3-5-11-22/h3-15,26H,16,18-19H2,1-2H3. The summed E-state index contributed by atoms with van der Waals surface area (Å²) in [6.07, 6.45) is 0.176. The Bertz CT molecular complexity index is 1290. The van der Waals surface area contributed by atoms with Gasteiger partial charge < -0.3 is 9.64 Å². The van der Waals surface area contributed by atoms with E-state index in [-0.39, 0.29) is 31.4 Å². The first-order chi connectivity index (χ1) is 16.5. The molecule has 0 spiro atoms. The van der Waals surface area contributed by atoms with Crippen molar-refractivity contribution in [3.8, 4) is 6.07 Å². The monoisotopic (exact) mass is 450 g/mol. The summed E-state index contributed by atoms with van der Waals surface area (Å²) in [5.41, 5.74) is 5.33. The maximum absolute atomic E-state index is 13.4. The number of aryl methyl sites for hydroxylation is 1. The number of ether oxygens (including phenoxy) is 1. The maximum atomic E-state index is 13.4. The average molecular weight is 451 g/mol. The van der Waals surface area contributed by atoms with E-state index < -0.39 is 5.97 Å². The molecule has 0 saturated carbocycles. The Morgan fingerprint density at radius 1 is 1.00 bits per heavy atom. The van der Waals surface area contributed by atoms with Gasteiger partial charge in [-0.2, -0.15) is 5.26 Å². The molecule has 1 atom stereocenters. The minimum Gasteiger partial charge on any atom is -0.457 e. The van der Waals surface area contributed by atoms with Crippen LogP contribution in [0.1, 0.15) is 47.1 Å². The van der Waals surface area contributed by atoms with Gasteiger partial charge in [0.2, 0.25) is 5.91 Å². The molecular weight excluding hydrogens is 424 g/mol.